The third kappa shape index (κ3) is 4.53. The van der Waals surface area contributed by atoms with Crippen molar-refractivity contribution in [2.24, 2.45) is 5.41 Å². The minimum Gasteiger partial charge on any atom is -0.325 e. The molecule has 0 aliphatic carbocycles. The van der Waals surface area contributed by atoms with Crippen molar-refractivity contribution in [2.45, 2.75) is 40.5 Å². The zero-order valence-electron chi connectivity index (χ0n) is 16.2. The number of rotatable bonds is 6. The van der Waals surface area contributed by atoms with Crippen molar-refractivity contribution in [1.29, 1.82) is 5.26 Å². The zero-order valence-corrected chi connectivity index (χ0v) is 16.2. The molecular weight excluding hydrogens is 338 g/mol. The first kappa shape index (κ1) is 20.2. The van der Waals surface area contributed by atoms with Gasteiger partial charge in [0.2, 0.25) is 11.8 Å². The van der Waals surface area contributed by atoms with Crippen LogP contribution in [-0.2, 0) is 22.4 Å². The van der Waals surface area contributed by atoms with Crippen molar-refractivity contribution in [3.8, 4) is 6.07 Å². The number of aryl methyl sites for hydroxylation is 2. The van der Waals surface area contributed by atoms with Crippen LogP contribution in [-0.4, -0.2) is 11.8 Å². The Kier molecular flexibility index (Phi) is 6.36. The van der Waals surface area contributed by atoms with E-state index in [1.807, 2.05) is 38.1 Å². The minimum absolute atomic E-state index is 0.368. The highest BCUT2D eigenvalue weighted by Gasteiger charge is 2.36. The summed E-state index contributed by atoms with van der Waals surface area (Å²) < 4.78 is 0. The number of nitrogens with zero attached hydrogens (tertiary/aromatic N) is 1. The Morgan fingerprint density at radius 2 is 1.52 bits per heavy atom. The van der Waals surface area contributed by atoms with E-state index in [1.165, 1.54) is 0 Å². The Morgan fingerprint density at radius 1 is 0.963 bits per heavy atom. The normalized spacial score (nSPS) is 10.8. The molecule has 5 nitrogen and oxygen atoms in total. The molecule has 2 aromatic rings. The SMILES string of the molecule is CCc1cccc(CC)c1NC(=O)C(C)(C)C(=O)Nc1cccc(C#N)c1. The molecule has 2 rings (SSSR count). The molecule has 5 heteroatoms. The smallest absolute Gasteiger partial charge is 0.239 e. The fourth-order valence-electron chi connectivity index (χ4n) is 2.73. The molecule has 0 radical (unpaired) electrons. The minimum atomic E-state index is -1.28. The first-order valence-corrected chi connectivity index (χ1v) is 9.07. The number of para-hydroxylation sites is 1. The van der Waals surface area contributed by atoms with Gasteiger partial charge in [-0.3, -0.25) is 9.59 Å². The van der Waals surface area contributed by atoms with Gasteiger partial charge in [-0.25, -0.2) is 0 Å². The molecule has 0 aliphatic rings. The number of hydrogen-bond acceptors (Lipinski definition) is 3. The van der Waals surface area contributed by atoms with Crippen LogP contribution in [0.3, 0.4) is 0 Å². The van der Waals surface area contributed by atoms with E-state index in [0.717, 1.165) is 29.7 Å². The van der Waals surface area contributed by atoms with Crippen LogP contribution in [0.4, 0.5) is 11.4 Å². The van der Waals surface area contributed by atoms with Gasteiger partial charge in [-0.2, -0.15) is 5.26 Å². The van der Waals surface area contributed by atoms with E-state index in [4.69, 9.17) is 5.26 Å². The molecule has 0 unspecified atom stereocenters. The highest BCUT2D eigenvalue weighted by Crippen LogP contribution is 2.27. The Morgan fingerprint density at radius 3 is 2.07 bits per heavy atom. The summed E-state index contributed by atoms with van der Waals surface area (Å²) in [7, 11) is 0. The van der Waals surface area contributed by atoms with E-state index in [2.05, 4.69) is 10.6 Å². The average molecular weight is 363 g/mol. The summed E-state index contributed by atoms with van der Waals surface area (Å²) in [5, 5.41) is 14.7. The molecule has 0 spiro atoms. The van der Waals surface area contributed by atoms with E-state index in [-0.39, 0.29) is 5.91 Å². The fourth-order valence-corrected chi connectivity index (χ4v) is 2.73. The summed E-state index contributed by atoms with van der Waals surface area (Å²) in [6.45, 7) is 7.24. The predicted octanol–water partition coefficient (Wildman–Crippen LogP) is 4.29. The Bertz CT molecular complexity index is 872. The summed E-state index contributed by atoms with van der Waals surface area (Å²) in [6, 6.07) is 14.6. The highest BCUT2D eigenvalue weighted by atomic mass is 16.2. The maximum Gasteiger partial charge on any atom is 0.239 e. The van der Waals surface area contributed by atoms with E-state index in [9.17, 15) is 9.59 Å². The van der Waals surface area contributed by atoms with E-state index < -0.39 is 11.3 Å². The van der Waals surface area contributed by atoms with Crippen LogP contribution in [0.1, 0.15) is 44.4 Å². The summed E-state index contributed by atoms with van der Waals surface area (Å²) in [6.07, 6.45) is 1.58. The number of anilines is 2. The van der Waals surface area contributed by atoms with Crippen LogP contribution in [0, 0.1) is 16.7 Å². The Labute approximate surface area is 160 Å². The lowest BCUT2D eigenvalue weighted by Crippen LogP contribution is -2.42. The van der Waals surface area contributed by atoms with Crippen LogP contribution in [0.2, 0.25) is 0 Å². The van der Waals surface area contributed by atoms with Gasteiger partial charge in [-0.05, 0) is 56.0 Å². The maximum atomic E-state index is 12.9. The first-order valence-electron chi connectivity index (χ1n) is 9.07. The summed E-state index contributed by atoms with van der Waals surface area (Å²) >= 11 is 0. The molecule has 0 aliphatic heterocycles. The molecule has 2 amide bonds. The summed E-state index contributed by atoms with van der Waals surface area (Å²) in [5.41, 5.74) is 2.53. The second-order valence-corrected chi connectivity index (χ2v) is 6.88. The lowest BCUT2D eigenvalue weighted by molar-refractivity contribution is -0.135. The van der Waals surface area contributed by atoms with Gasteiger partial charge in [-0.1, -0.05) is 38.1 Å². The van der Waals surface area contributed by atoms with Crippen molar-refractivity contribution in [3.05, 3.63) is 59.2 Å². The number of benzene rings is 2. The molecule has 0 saturated heterocycles. The van der Waals surface area contributed by atoms with Crippen molar-refractivity contribution in [1.82, 2.24) is 0 Å². The number of carbonyl (C=O) groups is 2. The Hall–Kier alpha value is -3.13. The molecule has 0 fully saturated rings. The largest absolute Gasteiger partial charge is 0.325 e. The molecular formula is C22H25N3O2. The molecule has 0 bridgehead atoms. The summed E-state index contributed by atoms with van der Waals surface area (Å²) in [5.74, 6) is -0.797. The molecule has 0 heterocycles. The average Bonchev–Trinajstić information content (AvgIpc) is 2.67. The maximum absolute atomic E-state index is 12.9. The molecule has 2 N–H and O–H groups in total. The van der Waals surface area contributed by atoms with Crippen molar-refractivity contribution in [2.75, 3.05) is 10.6 Å². The van der Waals surface area contributed by atoms with Crippen molar-refractivity contribution < 1.29 is 9.59 Å². The van der Waals surface area contributed by atoms with Crippen molar-refractivity contribution in [3.63, 3.8) is 0 Å². The van der Waals surface area contributed by atoms with Crippen LogP contribution >= 0.6 is 0 Å². The predicted molar refractivity (Wildman–Crippen MR) is 107 cm³/mol. The van der Waals surface area contributed by atoms with E-state index >= 15 is 0 Å². The quantitative estimate of drug-likeness (QED) is 0.751. The third-order valence-corrected chi connectivity index (χ3v) is 4.62. The molecule has 0 aromatic heterocycles. The number of hydrogen-bond donors (Lipinski definition) is 2. The number of carbonyl (C=O) groups excluding carboxylic acids is 2. The Balaban J connectivity index is 2.22. The van der Waals surface area contributed by atoms with Crippen molar-refractivity contribution >= 4 is 23.2 Å². The molecule has 0 atom stereocenters. The number of nitrogens with one attached hydrogen (secondary N) is 2. The zero-order chi connectivity index (χ0) is 20.0. The van der Waals surface area contributed by atoms with E-state index in [0.29, 0.717) is 11.3 Å². The number of nitriles is 1. The van der Waals surface area contributed by atoms with Crippen LogP contribution in [0.5, 0.6) is 0 Å². The highest BCUT2D eigenvalue weighted by molar-refractivity contribution is 6.14. The molecule has 27 heavy (non-hydrogen) atoms. The van der Waals surface area contributed by atoms with E-state index in [1.54, 1.807) is 38.1 Å². The lowest BCUT2D eigenvalue weighted by atomic mass is 9.90. The van der Waals surface area contributed by atoms with Gasteiger partial charge in [0.1, 0.15) is 5.41 Å². The second-order valence-electron chi connectivity index (χ2n) is 6.88. The number of amides is 2. The first-order chi connectivity index (χ1) is 12.8. The monoisotopic (exact) mass is 363 g/mol. The van der Waals surface area contributed by atoms with Gasteiger partial charge in [-0.15, -0.1) is 0 Å². The second kappa shape index (κ2) is 8.50. The lowest BCUT2D eigenvalue weighted by Gasteiger charge is -2.24. The molecule has 0 saturated carbocycles. The van der Waals surface area contributed by atoms with Crippen LogP contribution < -0.4 is 10.6 Å². The van der Waals surface area contributed by atoms with Gasteiger partial charge in [0.25, 0.3) is 0 Å². The van der Waals surface area contributed by atoms with Crippen LogP contribution in [0.15, 0.2) is 42.5 Å². The van der Waals surface area contributed by atoms with Gasteiger partial charge < -0.3 is 10.6 Å². The van der Waals surface area contributed by atoms with Crippen LogP contribution in [0.25, 0.3) is 0 Å². The topological polar surface area (TPSA) is 82.0 Å². The molecule has 140 valence electrons. The third-order valence-electron chi connectivity index (χ3n) is 4.62. The van der Waals surface area contributed by atoms with Gasteiger partial charge in [0.15, 0.2) is 0 Å². The van der Waals surface area contributed by atoms with Gasteiger partial charge in [0.05, 0.1) is 11.6 Å². The fraction of sp³-hybridized carbons (Fsp3) is 0.318. The van der Waals surface area contributed by atoms with Gasteiger partial charge >= 0.3 is 0 Å². The summed E-state index contributed by atoms with van der Waals surface area (Å²) in [4.78, 5) is 25.6. The molecule has 2 aromatic carbocycles. The standard InChI is InChI=1S/C22H25N3O2/c1-5-16-10-8-11-17(6-2)19(16)25-21(27)22(3,4)20(26)24-18-12-7-9-15(13-18)14-23/h7-13H,5-6H2,1-4H3,(H,24,26)(H,25,27). The van der Waals surface area contributed by atoms with Gasteiger partial charge in [0, 0.05) is 11.4 Å².